The van der Waals surface area contributed by atoms with Crippen molar-refractivity contribution in [3.8, 4) is 0 Å². The maximum atomic E-state index is 12.6. The van der Waals surface area contributed by atoms with Crippen molar-refractivity contribution in [2.24, 2.45) is 0 Å². The number of anilines is 2. The molecule has 0 unspecified atom stereocenters. The Kier molecular flexibility index (Phi) is 6.62. The molecule has 0 fully saturated rings. The third kappa shape index (κ3) is 5.08. The number of hydrogen-bond acceptors (Lipinski definition) is 4. The lowest BCUT2D eigenvalue weighted by atomic mass is 10.0. The smallest absolute Gasteiger partial charge is 0.246 e. The van der Waals surface area contributed by atoms with Crippen LogP contribution in [0.25, 0.3) is 0 Å². The van der Waals surface area contributed by atoms with E-state index in [0.29, 0.717) is 11.6 Å². The molecule has 0 heterocycles. The van der Waals surface area contributed by atoms with Crippen LogP contribution < -0.4 is 10.6 Å². The molecule has 7 heteroatoms. The number of para-hydroxylation sites is 1. The Hall–Kier alpha value is -2.38. The molecule has 0 bridgehead atoms. The molecule has 0 radical (unpaired) electrons. The van der Waals surface area contributed by atoms with Crippen LogP contribution in [0.4, 0.5) is 11.4 Å². The van der Waals surface area contributed by atoms with Gasteiger partial charge in [0, 0.05) is 25.5 Å². The van der Waals surface area contributed by atoms with Crippen molar-refractivity contribution in [1.82, 2.24) is 4.31 Å². The van der Waals surface area contributed by atoms with Crippen molar-refractivity contribution in [2.45, 2.75) is 37.6 Å². The second kappa shape index (κ2) is 8.54. The molecule has 2 aromatic carbocycles. The molecular weight excluding hydrogens is 362 g/mol. The highest BCUT2D eigenvalue weighted by Gasteiger charge is 2.19. The van der Waals surface area contributed by atoms with E-state index >= 15 is 0 Å². The zero-order valence-electron chi connectivity index (χ0n) is 16.4. The summed E-state index contributed by atoms with van der Waals surface area (Å²) in [6.07, 6.45) is 0. The predicted molar refractivity (Wildman–Crippen MR) is 110 cm³/mol. The van der Waals surface area contributed by atoms with E-state index in [-0.39, 0.29) is 10.8 Å². The first-order valence-electron chi connectivity index (χ1n) is 8.82. The van der Waals surface area contributed by atoms with E-state index < -0.39 is 16.1 Å². The maximum absolute atomic E-state index is 12.6. The summed E-state index contributed by atoms with van der Waals surface area (Å²) < 4.78 is 25.6. The number of rotatable bonds is 7. The number of benzene rings is 2. The Morgan fingerprint density at radius 1 is 1.00 bits per heavy atom. The summed E-state index contributed by atoms with van der Waals surface area (Å²) in [5, 5.41) is 6.01. The fourth-order valence-electron chi connectivity index (χ4n) is 2.63. The minimum Gasteiger partial charge on any atom is -0.374 e. The predicted octanol–water partition coefficient (Wildman–Crippen LogP) is 3.50. The lowest BCUT2D eigenvalue weighted by Crippen LogP contribution is -2.32. The Morgan fingerprint density at radius 3 is 2.30 bits per heavy atom. The van der Waals surface area contributed by atoms with E-state index in [1.807, 2.05) is 24.3 Å². The summed E-state index contributed by atoms with van der Waals surface area (Å²) in [5.41, 5.74) is 2.49. The van der Waals surface area contributed by atoms with Gasteiger partial charge in [0.1, 0.15) is 6.04 Å². The van der Waals surface area contributed by atoms with Gasteiger partial charge in [-0.2, -0.15) is 0 Å². The molecule has 0 spiro atoms. The molecule has 0 aromatic heterocycles. The zero-order chi connectivity index (χ0) is 20.2. The normalized spacial score (nSPS) is 12.9. The first kappa shape index (κ1) is 20.9. The second-order valence-electron chi connectivity index (χ2n) is 6.91. The number of carbonyl (C=O) groups is 1. The maximum Gasteiger partial charge on any atom is 0.246 e. The first-order valence-corrected chi connectivity index (χ1v) is 10.3. The fraction of sp³-hybridized carbons (Fsp3) is 0.350. The average molecular weight is 390 g/mol. The summed E-state index contributed by atoms with van der Waals surface area (Å²) >= 11 is 0. The average Bonchev–Trinajstić information content (AvgIpc) is 2.62. The van der Waals surface area contributed by atoms with Crippen LogP contribution >= 0.6 is 0 Å². The standard InChI is InChI=1S/C20H27N3O3S/c1-14(2)18-11-6-7-12-19(18)21-15(3)20(24)22-16-9-8-10-17(13-16)27(25,26)23(4)5/h6-15,21H,1-5H3,(H,22,24)/t15-/m0/s1. The highest BCUT2D eigenvalue weighted by atomic mass is 32.2. The van der Waals surface area contributed by atoms with E-state index in [9.17, 15) is 13.2 Å². The molecule has 0 saturated carbocycles. The highest BCUT2D eigenvalue weighted by molar-refractivity contribution is 7.89. The van der Waals surface area contributed by atoms with Gasteiger partial charge in [0.15, 0.2) is 0 Å². The van der Waals surface area contributed by atoms with Crippen LogP contribution in [-0.4, -0.2) is 38.8 Å². The third-order valence-electron chi connectivity index (χ3n) is 4.23. The van der Waals surface area contributed by atoms with Crippen molar-refractivity contribution < 1.29 is 13.2 Å². The van der Waals surface area contributed by atoms with Gasteiger partial charge in [0.2, 0.25) is 15.9 Å². The molecule has 0 saturated heterocycles. The first-order chi connectivity index (χ1) is 12.6. The number of amides is 1. The number of sulfonamides is 1. The molecule has 2 aromatic rings. The summed E-state index contributed by atoms with van der Waals surface area (Å²) in [6.45, 7) is 5.97. The largest absolute Gasteiger partial charge is 0.374 e. The van der Waals surface area contributed by atoms with Crippen LogP contribution in [0.2, 0.25) is 0 Å². The van der Waals surface area contributed by atoms with Gasteiger partial charge in [0.05, 0.1) is 4.90 Å². The van der Waals surface area contributed by atoms with E-state index in [1.54, 1.807) is 19.1 Å². The van der Waals surface area contributed by atoms with Crippen LogP contribution in [0.15, 0.2) is 53.4 Å². The molecule has 146 valence electrons. The molecule has 1 atom stereocenters. The van der Waals surface area contributed by atoms with Crippen molar-refractivity contribution >= 4 is 27.3 Å². The van der Waals surface area contributed by atoms with E-state index in [1.165, 1.54) is 26.2 Å². The molecule has 2 N–H and O–H groups in total. The Balaban J connectivity index is 2.14. The Labute approximate surface area is 161 Å². The van der Waals surface area contributed by atoms with Crippen LogP contribution in [0.1, 0.15) is 32.3 Å². The van der Waals surface area contributed by atoms with Crippen LogP contribution in [0.5, 0.6) is 0 Å². The second-order valence-corrected chi connectivity index (χ2v) is 9.06. The van der Waals surface area contributed by atoms with Crippen LogP contribution in [-0.2, 0) is 14.8 Å². The molecule has 0 aliphatic carbocycles. The van der Waals surface area contributed by atoms with Gasteiger partial charge in [0.25, 0.3) is 0 Å². The summed E-state index contributed by atoms with van der Waals surface area (Å²) in [7, 11) is -0.611. The number of carbonyl (C=O) groups excluding carboxylic acids is 1. The van der Waals surface area contributed by atoms with Crippen molar-refractivity contribution in [1.29, 1.82) is 0 Å². The molecule has 1 amide bonds. The van der Waals surface area contributed by atoms with Gasteiger partial charge < -0.3 is 10.6 Å². The molecule has 27 heavy (non-hydrogen) atoms. The molecular formula is C20H27N3O3S. The number of hydrogen-bond donors (Lipinski definition) is 2. The van der Waals surface area contributed by atoms with Gasteiger partial charge >= 0.3 is 0 Å². The van der Waals surface area contributed by atoms with Gasteiger partial charge in [-0.3, -0.25) is 4.79 Å². The lowest BCUT2D eigenvalue weighted by Gasteiger charge is -2.19. The third-order valence-corrected chi connectivity index (χ3v) is 6.04. The quantitative estimate of drug-likeness (QED) is 0.760. The van der Waals surface area contributed by atoms with Crippen LogP contribution in [0.3, 0.4) is 0 Å². The summed E-state index contributed by atoms with van der Waals surface area (Å²) in [4.78, 5) is 12.7. The van der Waals surface area contributed by atoms with Gasteiger partial charge in [-0.15, -0.1) is 0 Å². The summed E-state index contributed by atoms with van der Waals surface area (Å²) in [6, 6.07) is 13.6. The Bertz CT molecular complexity index is 908. The van der Waals surface area contributed by atoms with Gasteiger partial charge in [-0.05, 0) is 42.7 Å². The fourth-order valence-corrected chi connectivity index (χ4v) is 3.57. The van der Waals surface area contributed by atoms with Crippen molar-refractivity contribution in [3.05, 3.63) is 54.1 Å². The lowest BCUT2D eigenvalue weighted by molar-refractivity contribution is -0.116. The highest BCUT2D eigenvalue weighted by Crippen LogP contribution is 2.24. The van der Waals surface area contributed by atoms with E-state index in [0.717, 1.165) is 15.6 Å². The summed E-state index contributed by atoms with van der Waals surface area (Å²) in [5.74, 6) is 0.0878. The molecule has 0 aliphatic heterocycles. The van der Waals surface area contributed by atoms with Gasteiger partial charge in [-0.1, -0.05) is 38.1 Å². The minimum atomic E-state index is -3.55. The monoisotopic (exact) mass is 389 g/mol. The van der Waals surface area contributed by atoms with Crippen LogP contribution in [0, 0.1) is 0 Å². The number of nitrogens with zero attached hydrogens (tertiary/aromatic N) is 1. The SMILES string of the molecule is CC(C)c1ccccc1N[C@@H](C)C(=O)Nc1cccc(S(=O)(=O)N(C)C)c1. The van der Waals surface area contributed by atoms with E-state index in [4.69, 9.17) is 0 Å². The molecule has 0 aliphatic rings. The molecule has 2 rings (SSSR count). The Morgan fingerprint density at radius 2 is 1.67 bits per heavy atom. The number of nitrogens with one attached hydrogen (secondary N) is 2. The van der Waals surface area contributed by atoms with Gasteiger partial charge in [-0.25, -0.2) is 12.7 Å². The zero-order valence-corrected chi connectivity index (χ0v) is 17.2. The van der Waals surface area contributed by atoms with Crippen molar-refractivity contribution in [2.75, 3.05) is 24.7 Å². The minimum absolute atomic E-state index is 0.135. The van der Waals surface area contributed by atoms with E-state index in [2.05, 4.69) is 24.5 Å². The van der Waals surface area contributed by atoms with Crippen molar-refractivity contribution in [3.63, 3.8) is 0 Å². The molecule has 6 nitrogen and oxygen atoms in total. The topological polar surface area (TPSA) is 78.5 Å².